The molecule has 0 unspecified atom stereocenters. The third kappa shape index (κ3) is 6.36. The van der Waals surface area contributed by atoms with E-state index >= 15 is 0 Å². The first-order valence-electron chi connectivity index (χ1n) is 28.4. The molecule has 0 fully saturated rings. The molecule has 0 atom stereocenters. The van der Waals surface area contributed by atoms with E-state index in [0.29, 0.717) is 5.82 Å². The zero-order valence-electron chi connectivity index (χ0n) is 44.8. The predicted molar refractivity (Wildman–Crippen MR) is 343 cm³/mol. The van der Waals surface area contributed by atoms with Crippen LogP contribution in [0.1, 0.15) is 0 Å². The van der Waals surface area contributed by atoms with Gasteiger partial charge in [0.2, 0.25) is 0 Å². The van der Waals surface area contributed by atoms with Gasteiger partial charge >= 0.3 is 0 Å². The Bertz CT molecular complexity index is 5430. The first-order valence-corrected chi connectivity index (χ1v) is 28.4. The predicted octanol–water partition coefficient (Wildman–Crippen LogP) is 20.5. The molecule has 8 nitrogen and oxygen atoms in total. The standard InChI is InChI=1S/C76H43N5O3/c1-7-28-61-50(22-1)53-34-37-67-70(56-25-4-10-31-64(56)82-67)73(53)79(61)47-19-13-16-44(40-47)59-43-60(45-17-14-20-48(41-45)80-62-29-8-2-23-51(62)54-35-38-68-71(74(54)80)57-26-5-11-32-65(57)83-68)78-76(77-59)46-18-15-21-49(42-46)81-63-30-9-3-24-52(63)55-36-39-69-72(75(55)81)58-27-6-12-33-66(58)84-69/h1-43H. The van der Waals surface area contributed by atoms with Gasteiger partial charge in [-0.1, -0.05) is 146 Å². The van der Waals surface area contributed by atoms with E-state index in [0.717, 1.165) is 160 Å². The molecule has 8 heteroatoms. The molecule has 0 saturated carbocycles. The van der Waals surface area contributed by atoms with Crippen molar-refractivity contribution in [2.24, 2.45) is 0 Å². The van der Waals surface area contributed by atoms with E-state index < -0.39 is 0 Å². The largest absolute Gasteiger partial charge is 0.456 e. The van der Waals surface area contributed by atoms with Gasteiger partial charge < -0.3 is 27.0 Å². The second-order valence-corrected chi connectivity index (χ2v) is 22.0. The second-order valence-electron chi connectivity index (χ2n) is 22.0. The van der Waals surface area contributed by atoms with Crippen LogP contribution in [0.15, 0.2) is 274 Å². The summed E-state index contributed by atoms with van der Waals surface area (Å²) in [5, 5.41) is 13.5. The molecule has 0 aliphatic carbocycles. The topological polar surface area (TPSA) is 80.0 Å². The minimum absolute atomic E-state index is 0.603. The van der Waals surface area contributed by atoms with E-state index in [-0.39, 0.29) is 0 Å². The van der Waals surface area contributed by atoms with Crippen LogP contribution in [-0.2, 0) is 0 Å². The summed E-state index contributed by atoms with van der Waals surface area (Å²) in [6, 6.07) is 92.3. The van der Waals surface area contributed by atoms with Gasteiger partial charge in [-0.3, -0.25) is 0 Å². The normalized spacial score (nSPS) is 12.3. The number of para-hydroxylation sites is 6. The van der Waals surface area contributed by atoms with Crippen LogP contribution >= 0.6 is 0 Å². The summed E-state index contributed by atoms with van der Waals surface area (Å²) >= 11 is 0. The van der Waals surface area contributed by atoms with Crippen LogP contribution in [0, 0.1) is 0 Å². The first kappa shape index (κ1) is 45.3. The number of hydrogen-bond donors (Lipinski definition) is 0. The Balaban J connectivity index is 0.847. The maximum absolute atomic E-state index is 6.52. The molecule has 390 valence electrons. The van der Waals surface area contributed by atoms with Crippen LogP contribution in [0.5, 0.6) is 0 Å². The van der Waals surface area contributed by atoms with Crippen LogP contribution in [0.2, 0.25) is 0 Å². The molecule has 19 aromatic rings. The number of aromatic nitrogens is 5. The van der Waals surface area contributed by atoms with Gasteiger partial charge in [0.25, 0.3) is 0 Å². The monoisotopic (exact) mass is 1070 g/mol. The lowest BCUT2D eigenvalue weighted by Crippen LogP contribution is -2.00. The lowest BCUT2D eigenvalue weighted by Gasteiger charge is -2.14. The highest BCUT2D eigenvalue weighted by Gasteiger charge is 2.24. The van der Waals surface area contributed by atoms with E-state index in [1.807, 2.05) is 24.3 Å². The summed E-state index contributed by atoms with van der Waals surface area (Å²) in [5.74, 6) is 0.603. The Labute approximate surface area is 477 Å². The fourth-order valence-corrected chi connectivity index (χ4v) is 13.9. The average Bonchev–Trinajstić information content (AvgIpc) is 2.80. The Morgan fingerprint density at radius 2 is 0.560 bits per heavy atom. The van der Waals surface area contributed by atoms with Crippen molar-refractivity contribution >= 4 is 131 Å². The Morgan fingerprint density at radius 1 is 0.238 bits per heavy atom. The summed E-state index contributed by atoms with van der Waals surface area (Å²) in [4.78, 5) is 11.2. The summed E-state index contributed by atoms with van der Waals surface area (Å²) in [5.41, 5.74) is 19.1. The maximum atomic E-state index is 6.52. The van der Waals surface area contributed by atoms with Gasteiger partial charge in [0.05, 0.1) is 60.6 Å². The Kier molecular flexibility index (Phi) is 9.18. The molecular formula is C76H43N5O3. The molecular weight excluding hydrogens is 1030 g/mol. The summed E-state index contributed by atoms with van der Waals surface area (Å²) in [6.07, 6.45) is 0. The van der Waals surface area contributed by atoms with Crippen LogP contribution in [-0.4, -0.2) is 23.7 Å². The Morgan fingerprint density at radius 3 is 0.940 bits per heavy atom. The van der Waals surface area contributed by atoms with Gasteiger partial charge in [-0.15, -0.1) is 0 Å². The molecule has 0 amide bonds. The van der Waals surface area contributed by atoms with Crippen LogP contribution in [0.3, 0.4) is 0 Å². The molecule has 0 N–H and O–H groups in total. The van der Waals surface area contributed by atoms with Crippen molar-refractivity contribution in [1.29, 1.82) is 0 Å². The van der Waals surface area contributed by atoms with Gasteiger partial charge in [-0.25, -0.2) is 9.97 Å². The second kappa shape index (κ2) is 17.0. The highest BCUT2D eigenvalue weighted by Crippen LogP contribution is 2.45. The first-order chi connectivity index (χ1) is 41.6. The van der Waals surface area contributed by atoms with Gasteiger partial charge in [-0.05, 0) is 115 Å². The molecule has 0 saturated heterocycles. The van der Waals surface area contributed by atoms with Crippen LogP contribution < -0.4 is 0 Å². The van der Waals surface area contributed by atoms with Crippen LogP contribution in [0.4, 0.5) is 0 Å². The van der Waals surface area contributed by atoms with E-state index in [1.54, 1.807) is 0 Å². The number of benzene rings is 12. The van der Waals surface area contributed by atoms with Gasteiger partial charge in [-0.2, -0.15) is 0 Å². The quantitative estimate of drug-likeness (QED) is 0.166. The van der Waals surface area contributed by atoms with E-state index in [9.17, 15) is 0 Å². The SMILES string of the molecule is c1cc(-c2cc(-c3cccc(-n4c5ccccc5c5ccc6oc7ccccc7c6c54)c3)nc(-c3cccc(-n4c5ccccc5c5ccc6oc7ccccc7c6c54)c3)n2)cc(-n2c3ccccc3c3ccc4oc5ccccc5c4c32)c1. The summed E-state index contributed by atoms with van der Waals surface area (Å²) in [6.45, 7) is 0. The van der Waals surface area contributed by atoms with Crippen molar-refractivity contribution < 1.29 is 13.3 Å². The average molecular weight is 1070 g/mol. The summed E-state index contributed by atoms with van der Waals surface area (Å²) < 4.78 is 26.7. The number of fused-ring (bicyclic) bond motifs is 21. The number of furan rings is 3. The van der Waals surface area contributed by atoms with Crippen LogP contribution in [0.25, 0.3) is 182 Å². The highest BCUT2D eigenvalue weighted by atomic mass is 16.3. The lowest BCUT2D eigenvalue weighted by atomic mass is 10.0. The van der Waals surface area contributed by atoms with Crippen molar-refractivity contribution in [3.8, 4) is 51.0 Å². The number of nitrogens with zero attached hydrogens (tertiary/aromatic N) is 5. The lowest BCUT2D eigenvalue weighted by molar-refractivity contribution is 0.669. The number of rotatable bonds is 6. The van der Waals surface area contributed by atoms with Gasteiger partial charge in [0.15, 0.2) is 5.82 Å². The van der Waals surface area contributed by atoms with E-state index in [1.165, 1.54) is 16.2 Å². The molecule has 7 aromatic heterocycles. The maximum Gasteiger partial charge on any atom is 0.160 e. The van der Waals surface area contributed by atoms with Gasteiger partial charge in [0.1, 0.15) is 33.5 Å². The van der Waals surface area contributed by atoms with Crippen molar-refractivity contribution in [3.63, 3.8) is 0 Å². The number of hydrogen-bond acceptors (Lipinski definition) is 5. The highest BCUT2D eigenvalue weighted by molar-refractivity contribution is 6.27. The van der Waals surface area contributed by atoms with Gasteiger partial charge in [0, 0.05) is 82.2 Å². The molecule has 19 rings (SSSR count). The molecule has 0 bridgehead atoms. The molecule has 7 heterocycles. The smallest absolute Gasteiger partial charge is 0.160 e. The zero-order valence-corrected chi connectivity index (χ0v) is 44.8. The van der Waals surface area contributed by atoms with Crippen molar-refractivity contribution in [2.75, 3.05) is 0 Å². The zero-order chi connectivity index (χ0) is 54.7. The Hall–Kier alpha value is -11.5. The fraction of sp³-hybridized carbons (Fsp3) is 0. The third-order valence-corrected chi connectivity index (χ3v) is 17.4. The van der Waals surface area contributed by atoms with Crippen molar-refractivity contribution in [1.82, 2.24) is 23.7 Å². The fourth-order valence-electron chi connectivity index (χ4n) is 13.9. The van der Waals surface area contributed by atoms with Crippen molar-refractivity contribution in [2.45, 2.75) is 0 Å². The molecule has 0 aliphatic rings. The molecule has 12 aromatic carbocycles. The minimum atomic E-state index is 0.603. The van der Waals surface area contributed by atoms with E-state index in [4.69, 9.17) is 23.2 Å². The third-order valence-electron chi connectivity index (χ3n) is 17.4. The molecule has 0 radical (unpaired) electrons. The van der Waals surface area contributed by atoms with E-state index in [2.05, 4.69) is 250 Å². The van der Waals surface area contributed by atoms with Crippen molar-refractivity contribution in [3.05, 3.63) is 261 Å². The molecule has 0 spiro atoms. The molecule has 84 heavy (non-hydrogen) atoms. The summed E-state index contributed by atoms with van der Waals surface area (Å²) in [7, 11) is 0. The molecule has 0 aliphatic heterocycles. The minimum Gasteiger partial charge on any atom is -0.456 e.